The molecular formula is C10H15NO4. The van der Waals surface area contributed by atoms with Crippen molar-refractivity contribution in [1.82, 2.24) is 0 Å². The molecule has 0 aliphatic carbocycles. The number of carboxylic acid groups (broad SMARTS) is 2. The van der Waals surface area contributed by atoms with Crippen molar-refractivity contribution in [2.45, 2.75) is 26.7 Å². The fraction of sp³-hybridized carbons (Fsp3) is 0.400. The SMILES string of the molecule is CCC(CC)=C(C(=O)O)C(N)=CC(=O)O. The molecule has 0 aliphatic heterocycles. The van der Waals surface area contributed by atoms with Gasteiger partial charge in [-0.1, -0.05) is 19.4 Å². The minimum absolute atomic E-state index is 0.0950. The monoisotopic (exact) mass is 213 g/mol. The zero-order chi connectivity index (χ0) is 12.0. The van der Waals surface area contributed by atoms with Crippen molar-refractivity contribution in [1.29, 1.82) is 0 Å². The molecule has 0 atom stereocenters. The quantitative estimate of drug-likeness (QED) is 0.469. The third-order valence-electron chi connectivity index (χ3n) is 1.99. The molecule has 0 saturated carbocycles. The van der Waals surface area contributed by atoms with Crippen LogP contribution in [0.3, 0.4) is 0 Å². The molecule has 0 aromatic rings. The van der Waals surface area contributed by atoms with Gasteiger partial charge in [-0.3, -0.25) is 0 Å². The van der Waals surface area contributed by atoms with Gasteiger partial charge in [-0.15, -0.1) is 0 Å². The van der Waals surface area contributed by atoms with Gasteiger partial charge in [0.1, 0.15) is 0 Å². The Kier molecular flexibility index (Phi) is 5.15. The Morgan fingerprint density at radius 3 is 1.93 bits per heavy atom. The second-order valence-corrected chi connectivity index (χ2v) is 2.93. The lowest BCUT2D eigenvalue weighted by Gasteiger charge is -2.08. The highest BCUT2D eigenvalue weighted by Gasteiger charge is 2.15. The molecule has 0 aromatic heterocycles. The lowest BCUT2D eigenvalue weighted by molar-refractivity contribution is -0.132. The third-order valence-corrected chi connectivity index (χ3v) is 1.99. The second-order valence-electron chi connectivity index (χ2n) is 2.93. The summed E-state index contributed by atoms with van der Waals surface area (Å²) in [5.74, 6) is -2.44. The first kappa shape index (κ1) is 13.2. The van der Waals surface area contributed by atoms with Gasteiger partial charge >= 0.3 is 11.9 Å². The maximum Gasteiger partial charge on any atom is 0.337 e. The molecule has 84 valence electrons. The topological polar surface area (TPSA) is 101 Å². The molecule has 0 spiro atoms. The molecule has 0 saturated heterocycles. The van der Waals surface area contributed by atoms with Crippen molar-refractivity contribution < 1.29 is 19.8 Å². The first-order chi connectivity index (χ1) is 6.93. The highest BCUT2D eigenvalue weighted by molar-refractivity contribution is 5.95. The second kappa shape index (κ2) is 5.85. The fourth-order valence-corrected chi connectivity index (χ4v) is 1.29. The molecule has 0 bridgehead atoms. The molecule has 5 heteroatoms. The lowest BCUT2D eigenvalue weighted by Crippen LogP contribution is -2.14. The van der Waals surface area contributed by atoms with Crippen LogP contribution >= 0.6 is 0 Å². The van der Waals surface area contributed by atoms with Crippen molar-refractivity contribution in [3.63, 3.8) is 0 Å². The third kappa shape index (κ3) is 3.84. The smallest absolute Gasteiger partial charge is 0.337 e. The number of allylic oxidation sites excluding steroid dienone is 1. The van der Waals surface area contributed by atoms with Crippen LogP contribution in [-0.4, -0.2) is 22.2 Å². The normalized spacial score (nSPS) is 10.9. The molecule has 0 heterocycles. The number of aliphatic carboxylic acids is 2. The van der Waals surface area contributed by atoms with Crippen LogP contribution in [0.25, 0.3) is 0 Å². The van der Waals surface area contributed by atoms with Gasteiger partial charge in [0, 0.05) is 6.08 Å². The summed E-state index contributed by atoms with van der Waals surface area (Å²) in [6, 6.07) is 0. The van der Waals surface area contributed by atoms with E-state index in [1.807, 2.05) is 0 Å². The molecule has 0 amide bonds. The van der Waals surface area contributed by atoms with Crippen molar-refractivity contribution in [2.75, 3.05) is 0 Å². The lowest BCUT2D eigenvalue weighted by atomic mass is 10.0. The standard InChI is InChI=1S/C10H15NO4/c1-3-6(4-2)9(10(14)15)7(11)5-8(12)13/h5H,3-4,11H2,1-2H3,(H,12,13)(H,14,15). The Bertz CT molecular complexity index is 322. The number of carboxylic acids is 2. The summed E-state index contributed by atoms with van der Waals surface area (Å²) in [7, 11) is 0. The van der Waals surface area contributed by atoms with Gasteiger partial charge in [0.15, 0.2) is 0 Å². The summed E-state index contributed by atoms with van der Waals surface area (Å²) in [5.41, 5.74) is 5.74. The summed E-state index contributed by atoms with van der Waals surface area (Å²) < 4.78 is 0. The van der Waals surface area contributed by atoms with Gasteiger partial charge in [-0.2, -0.15) is 0 Å². The van der Waals surface area contributed by atoms with Crippen molar-refractivity contribution in [3.05, 3.63) is 22.9 Å². The van der Waals surface area contributed by atoms with Gasteiger partial charge in [-0.05, 0) is 12.8 Å². The molecule has 4 N–H and O–H groups in total. The van der Waals surface area contributed by atoms with Crippen molar-refractivity contribution in [2.24, 2.45) is 5.73 Å². The Hall–Kier alpha value is -1.78. The minimum Gasteiger partial charge on any atom is -0.478 e. The summed E-state index contributed by atoms with van der Waals surface area (Å²) in [5, 5.41) is 17.4. The number of rotatable bonds is 5. The maximum absolute atomic E-state index is 10.9. The van der Waals surface area contributed by atoms with E-state index in [1.165, 1.54) is 0 Å². The average molecular weight is 213 g/mol. The molecule has 0 fully saturated rings. The number of hydrogen-bond acceptors (Lipinski definition) is 3. The zero-order valence-corrected chi connectivity index (χ0v) is 8.78. The molecule has 0 rings (SSSR count). The first-order valence-corrected chi connectivity index (χ1v) is 4.59. The van der Waals surface area contributed by atoms with E-state index >= 15 is 0 Å². The molecule has 0 aromatic carbocycles. The summed E-state index contributed by atoms with van der Waals surface area (Å²) >= 11 is 0. The Morgan fingerprint density at radius 2 is 1.67 bits per heavy atom. The molecule has 5 nitrogen and oxygen atoms in total. The minimum atomic E-state index is -1.25. The van der Waals surface area contributed by atoms with Crippen LogP contribution < -0.4 is 5.73 Å². The van der Waals surface area contributed by atoms with Crippen LogP contribution in [0.4, 0.5) is 0 Å². The molecule has 15 heavy (non-hydrogen) atoms. The van der Waals surface area contributed by atoms with E-state index in [2.05, 4.69) is 0 Å². The van der Waals surface area contributed by atoms with Gasteiger partial charge in [-0.25, -0.2) is 9.59 Å². The van der Waals surface area contributed by atoms with E-state index in [1.54, 1.807) is 13.8 Å². The van der Waals surface area contributed by atoms with Crippen LogP contribution in [-0.2, 0) is 9.59 Å². The van der Waals surface area contributed by atoms with Gasteiger partial charge < -0.3 is 15.9 Å². The summed E-state index contributed by atoms with van der Waals surface area (Å²) in [6.07, 6.45) is 1.77. The zero-order valence-electron chi connectivity index (χ0n) is 8.78. The first-order valence-electron chi connectivity index (χ1n) is 4.59. The van der Waals surface area contributed by atoms with Crippen LogP contribution in [0.15, 0.2) is 22.9 Å². The van der Waals surface area contributed by atoms with Gasteiger partial charge in [0.05, 0.1) is 11.3 Å². The van der Waals surface area contributed by atoms with Crippen molar-refractivity contribution in [3.8, 4) is 0 Å². The Balaban J connectivity index is 5.41. The van der Waals surface area contributed by atoms with Gasteiger partial charge in [0.25, 0.3) is 0 Å². The maximum atomic E-state index is 10.9. The van der Waals surface area contributed by atoms with E-state index in [-0.39, 0.29) is 11.3 Å². The van der Waals surface area contributed by atoms with E-state index in [0.29, 0.717) is 24.5 Å². The number of nitrogens with two attached hydrogens (primary N) is 1. The van der Waals surface area contributed by atoms with E-state index in [0.717, 1.165) is 0 Å². The van der Waals surface area contributed by atoms with Crippen LogP contribution in [0, 0.1) is 0 Å². The summed E-state index contributed by atoms with van der Waals surface area (Å²) in [4.78, 5) is 21.3. The molecule has 0 unspecified atom stereocenters. The van der Waals surface area contributed by atoms with Crippen LogP contribution in [0.1, 0.15) is 26.7 Å². The van der Waals surface area contributed by atoms with Crippen LogP contribution in [0.5, 0.6) is 0 Å². The molecule has 0 aliphatic rings. The number of hydrogen-bond donors (Lipinski definition) is 3. The fourth-order valence-electron chi connectivity index (χ4n) is 1.29. The van der Waals surface area contributed by atoms with Crippen molar-refractivity contribution >= 4 is 11.9 Å². The number of carbonyl (C=O) groups is 2. The Labute approximate surface area is 87.9 Å². The van der Waals surface area contributed by atoms with E-state index < -0.39 is 11.9 Å². The average Bonchev–Trinajstić information content (AvgIpc) is 2.11. The summed E-state index contributed by atoms with van der Waals surface area (Å²) in [6.45, 7) is 3.60. The van der Waals surface area contributed by atoms with E-state index in [9.17, 15) is 9.59 Å². The highest BCUT2D eigenvalue weighted by Crippen LogP contribution is 2.17. The molecule has 0 radical (unpaired) electrons. The molecular weight excluding hydrogens is 198 g/mol. The predicted octanol–water partition coefficient (Wildman–Crippen LogP) is 1.11. The predicted molar refractivity (Wildman–Crippen MR) is 55.2 cm³/mol. The highest BCUT2D eigenvalue weighted by atomic mass is 16.4. The largest absolute Gasteiger partial charge is 0.478 e. The Morgan fingerprint density at radius 1 is 1.20 bits per heavy atom. The van der Waals surface area contributed by atoms with E-state index in [4.69, 9.17) is 15.9 Å². The van der Waals surface area contributed by atoms with Crippen LogP contribution in [0.2, 0.25) is 0 Å². The van der Waals surface area contributed by atoms with Gasteiger partial charge in [0.2, 0.25) is 0 Å².